The lowest BCUT2D eigenvalue weighted by Gasteiger charge is -2.41. The topological polar surface area (TPSA) is 65.9 Å². The van der Waals surface area contributed by atoms with Crippen molar-refractivity contribution in [2.45, 2.75) is 57.4 Å². The summed E-state index contributed by atoms with van der Waals surface area (Å²) in [6, 6.07) is 12.9. The highest BCUT2D eigenvalue weighted by Gasteiger charge is 2.71. The lowest BCUT2D eigenvalue weighted by molar-refractivity contribution is -0.376. The highest BCUT2D eigenvalue weighted by Crippen LogP contribution is 2.50. The first kappa shape index (κ1) is 32.4. The highest BCUT2D eigenvalue weighted by atomic mass is 19.4. The van der Waals surface area contributed by atoms with Gasteiger partial charge in [-0.1, -0.05) is 42.5 Å². The van der Waals surface area contributed by atoms with Crippen LogP contribution < -0.4 is 0 Å². The van der Waals surface area contributed by atoms with Crippen LogP contribution in [0.2, 0.25) is 0 Å². The second kappa shape index (κ2) is 13.0. The molecule has 4 rings (SSSR count). The fraction of sp³-hybridized carbons (Fsp3) is 0.419. The Hall–Kier alpha value is -3.48. The minimum Gasteiger partial charge on any atom is -0.466 e. The molecule has 1 aromatic heterocycles. The molecule has 0 aliphatic carbocycles. The number of halogens is 6. The molecule has 1 atom stereocenters. The van der Waals surface area contributed by atoms with E-state index in [1.54, 1.807) is 32.3 Å². The molecule has 0 unspecified atom stereocenters. The number of esters is 1. The second-order valence-corrected chi connectivity index (χ2v) is 10.7. The van der Waals surface area contributed by atoms with Gasteiger partial charge in [0.15, 0.2) is 0 Å². The number of pyridine rings is 1. The Balaban J connectivity index is 1.50. The largest absolute Gasteiger partial charge is 0.466 e. The smallest absolute Gasteiger partial charge is 0.430 e. The van der Waals surface area contributed by atoms with Gasteiger partial charge in [0.2, 0.25) is 0 Å². The number of hydrogen-bond donors (Lipinski definition) is 1. The molecule has 0 bridgehead atoms. The van der Waals surface area contributed by atoms with Gasteiger partial charge in [0.25, 0.3) is 5.60 Å². The Morgan fingerprint density at radius 3 is 2.16 bits per heavy atom. The van der Waals surface area contributed by atoms with Gasteiger partial charge in [-0.3, -0.25) is 19.6 Å². The fourth-order valence-corrected chi connectivity index (χ4v) is 5.42. The van der Waals surface area contributed by atoms with E-state index in [1.165, 1.54) is 0 Å². The van der Waals surface area contributed by atoms with E-state index in [1.807, 2.05) is 24.3 Å². The number of rotatable bonds is 9. The van der Waals surface area contributed by atoms with Crippen molar-refractivity contribution < 1.29 is 41.0 Å². The Morgan fingerprint density at radius 1 is 0.930 bits per heavy atom. The van der Waals surface area contributed by atoms with E-state index in [0.717, 1.165) is 41.9 Å². The normalized spacial score (nSPS) is 17.2. The molecule has 1 fully saturated rings. The van der Waals surface area contributed by atoms with E-state index in [9.17, 15) is 36.2 Å². The van der Waals surface area contributed by atoms with Crippen molar-refractivity contribution in [1.82, 2.24) is 14.8 Å². The number of benzene rings is 2. The number of carbonyl (C=O) groups excluding carboxylic acids is 1. The molecule has 0 spiro atoms. The molecule has 2 heterocycles. The third-order valence-corrected chi connectivity index (χ3v) is 7.66. The molecule has 43 heavy (non-hydrogen) atoms. The third kappa shape index (κ3) is 7.36. The molecule has 1 N–H and O–H groups in total. The molecule has 0 radical (unpaired) electrons. The van der Waals surface area contributed by atoms with Crippen molar-refractivity contribution in [3.63, 3.8) is 0 Å². The van der Waals surface area contributed by atoms with Crippen molar-refractivity contribution in [3.8, 4) is 11.1 Å². The van der Waals surface area contributed by atoms with Crippen molar-refractivity contribution in [3.05, 3.63) is 89.2 Å². The summed E-state index contributed by atoms with van der Waals surface area (Å²) in [5.74, 6) is -0.277. The molecule has 1 aliphatic rings. The maximum absolute atomic E-state index is 13.3. The lowest BCUT2D eigenvalue weighted by atomic mass is 9.90. The number of carbonyl (C=O) groups is 1. The van der Waals surface area contributed by atoms with Crippen LogP contribution >= 0.6 is 0 Å². The third-order valence-electron chi connectivity index (χ3n) is 7.66. The van der Waals surface area contributed by atoms with Crippen LogP contribution in [0.4, 0.5) is 26.3 Å². The summed E-state index contributed by atoms with van der Waals surface area (Å²) in [5.41, 5.74) is -2.41. The molecule has 0 saturated carbocycles. The van der Waals surface area contributed by atoms with Crippen LogP contribution in [-0.4, -0.2) is 70.5 Å². The summed E-state index contributed by atoms with van der Waals surface area (Å²) >= 11 is 0. The van der Waals surface area contributed by atoms with Gasteiger partial charge in [-0.25, -0.2) is 0 Å². The van der Waals surface area contributed by atoms with E-state index < -0.39 is 23.5 Å². The summed E-state index contributed by atoms with van der Waals surface area (Å²) in [4.78, 5) is 21.0. The average molecular weight is 610 g/mol. The number of aryl methyl sites for hydroxylation is 1. The first-order valence-electron chi connectivity index (χ1n) is 13.8. The van der Waals surface area contributed by atoms with Gasteiger partial charge in [0, 0.05) is 56.7 Å². The maximum Gasteiger partial charge on any atom is 0.430 e. The summed E-state index contributed by atoms with van der Waals surface area (Å²) in [7, 11) is 0. The number of aliphatic hydroxyl groups is 1. The second-order valence-electron chi connectivity index (χ2n) is 10.7. The Kier molecular flexibility index (Phi) is 9.83. The van der Waals surface area contributed by atoms with E-state index in [-0.39, 0.29) is 18.4 Å². The van der Waals surface area contributed by atoms with Crippen LogP contribution in [0.25, 0.3) is 11.1 Å². The van der Waals surface area contributed by atoms with Crippen LogP contribution in [-0.2, 0) is 28.2 Å². The van der Waals surface area contributed by atoms with Crippen LogP contribution in [0.5, 0.6) is 0 Å². The molecular formula is C31H33F6N3O3. The number of nitrogens with zero attached hydrogens (tertiary/aromatic N) is 3. The van der Waals surface area contributed by atoms with E-state index in [2.05, 4.69) is 14.8 Å². The van der Waals surface area contributed by atoms with Gasteiger partial charge in [0.1, 0.15) is 0 Å². The zero-order valence-corrected chi connectivity index (χ0v) is 23.8. The summed E-state index contributed by atoms with van der Waals surface area (Å²) in [6.45, 7) is 7.27. The average Bonchev–Trinajstić information content (AvgIpc) is 2.94. The molecule has 2 aromatic carbocycles. The van der Waals surface area contributed by atoms with Crippen LogP contribution in [0.1, 0.15) is 35.6 Å². The predicted molar refractivity (Wildman–Crippen MR) is 148 cm³/mol. The SMILES string of the molecule is CCOC(=O)C[C@@H]1CN(Cc2ccncc2)CCN1Cc1ccc(-c2ccc(C(O)(C(F)(F)F)C(F)(F)F)cc2)c(C)c1. The summed E-state index contributed by atoms with van der Waals surface area (Å²) in [5, 5.41) is 9.67. The standard InChI is InChI=1S/C31H33F6N3O3/c1-3-43-28(41)17-26-20-39(18-22-10-12-38-13-11-22)14-15-40(26)19-23-4-9-27(21(2)16-23)24-5-7-25(8-6-24)29(42,30(32,33)34)31(35,36)37/h4-13,16,26,42H,3,14-15,17-20H2,1-2H3/t26-/m1/s1. The van der Waals surface area contributed by atoms with Crippen molar-refractivity contribution in [1.29, 1.82) is 0 Å². The minimum atomic E-state index is -5.94. The molecule has 1 aliphatic heterocycles. The molecular weight excluding hydrogens is 576 g/mol. The fourth-order valence-electron chi connectivity index (χ4n) is 5.42. The quantitative estimate of drug-likeness (QED) is 0.237. The lowest BCUT2D eigenvalue weighted by Crippen LogP contribution is -2.53. The Morgan fingerprint density at radius 2 is 1.58 bits per heavy atom. The van der Waals surface area contributed by atoms with E-state index >= 15 is 0 Å². The monoisotopic (exact) mass is 609 g/mol. The number of aromatic nitrogens is 1. The Labute approximate surface area is 245 Å². The van der Waals surface area contributed by atoms with Gasteiger partial charge in [-0.05, 0) is 53.8 Å². The first-order valence-corrected chi connectivity index (χ1v) is 13.8. The molecule has 6 nitrogen and oxygen atoms in total. The highest BCUT2D eigenvalue weighted by molar-refractivity contribution is 5.70. The molecule has 0 amide bonds. The molecule has 12 heteroatoms. The predicted octanol–water partition coefficient (Wildman–Crippen LogP) is 6.01. The van der Waals surface area contributed by atoms with Crippen LogP contribution in [0.15, 0.2) is 67.0 Å². The van der Waals surface area contributed by atoms with E-state index in [4.69, 9.17) is 4.74 Å². The number of hydrogen-bond acceptors (Lipinski definition) is 6. The first-order chi connectivity index (χ1) is 20.2. The van der Waals surface area contributed by atoms with E-state index in [0.29, 0.717) is 49.5 Å². The van der Waals surface area contributed by atoms with Crippen molar-refractivity contribution >= 4 is 5.97 Å². The van der Waals surface area contributed by atoms with Gasteiger partial charge in [-0.2, -0.15) is 26.3 Å². The summed E-state index contributed by atoms with van der Waals surface area (Å²) in [6.07, 6.45) is -8.17. The number of alkyl halides is 6. The van der Waals surface area contributed by atoms with Crippen molar-refractivity contribution in [2.75, 3.05) is 26.2 Å². The number of ether oxygens (including phenoxy) is 1. The Bertz CT molecular complexity index is 1370. The van der Waals surface area contributed by atoms with Crippen LogP contribution in [0.3, 0.4) is 0 Å². The summed E-state index contributed by atoms with van der Waals surface area (Å²) < 4.78 is 84.8. The van der Waals surface area contributed by atoms with Crippen molar-refractivity contribution in [2.24, 2.45) is 0 Å². The minimum absolute atomic E-state index is 0.0943. The van der Waals surface area contributed by atoms with Gasteiger partial charge in [-0.15, -0.1) is 0 Å². The van der Waals surface area contributed by atoms with Crippen LogP contribution in [0, 0.1) is 6.92 Å². The molecule has 1 saturated heterocycles. The molecule has 3 aromatic rings. The maximum atomic E-state index is 13.3. The molecule has 232 valence electrons. The number of piperazine rings is 1. The van der Waals surface area contributed by atoms with Gasteiger partial charge in [0.05, 0.1) is 13.0 Å². The van der Waals surface area contributed by atoms with Gasteiger partial charge < -0.3 is 9.84 Å². The zero-order chi connectivity index (χ0) is 31.4. The zero-order valence-electron chi connectivity index (χ0n) is 23.8. The van der Waals surface area contributed by atoms with Gasteiger partial charge >= 0.3 is 18.3 Å².